The van der Waals surface area contributed by atoms with Crippen LogP contribution in [0.1, 0.15) is 33.9 Å². The van der Waals surface area contributed by atoms with Gasteiger partial charge in [0.25, 0.3) is 0 Å². The molecular weight excluding hydrogens is 343 g/mol. The number of nitrogens with zero attached hydrogens (tertiary/aromatic N) is 2. The van der Waals surface area contributed by atoms with Crippen molar-refractivity contribution >= 4 is 34.7 Å². The molecular formula is C12H9ClF3N3O2S. The minimum atomic E-state index is -4.56. The van der Waals surface area contributed by atoms with Crippen molar-refractivity contribution < 1.29 is 23.1 Å². The summed E-state index contributed by atoms with van der Waals surface area (Å²) in [5.74, 6) is -1.59. The fraction of sp³-hybridized carbons (Fsp3) is 0.333. The summed E-state index contributed by atoms with van der Waals surface area (Å²) in [7, 11) is 0. The first-order valence-electron chi connectivity index (χ1n) is 6.17. The van der Waals surface area contributed by atoms with Crippen LogP contribution in [-0.2, 0) is 0 Å². The van der Waals surface area contributed by atoms with Crippen LogP contribution in [0.4, 0.5) is 19.0 Å². The molecule has 0 bridgehead atoms. The lowest BCUT2D eigenvalue weighted by atomic mass is 10.0. The van der Waals surface area contributed by atoms with E-state index in [-0.39, 0.29) is 17.3 Å². The molecule has 0 aliphatic carbocycles. The maximum Gasteiger partial charge on any atom is 0.410 e. The number of anilines is 1. The summed E-state index contributed by atoms with van der Waals surface area (Å²) < 4.78 is 40.5. The molecule has 2 atom stereocenters. The summed E-state index contributed by atoms with van der Waals surface area (Å²) in [6, 6.07) is 0.922. The van der Waals surface area contributed by atoms with E-state index >= 15 is 0 Å². The van der Waals surface area contributed by atoms with Gasteiger partial charge in [0.15, 0.2) is 11.7 Å². The summed E-state index contributed by atoms with van der Waals surface area (Å²) in [6.45, 7) is 0. The summed E-state index contributed by atoms with van der Waals surface area (Å²) in [6.07, 6.45) is -4.84. The van der Waals surface area contributed by atoms with Crippen LogP contribution in [0.5, 0.6) is 0 Å². The molecule has 0 unspecified atom stereocenters. The van der Waals surface area contributed by atoms with E-state index in [0.717, 1.165) is 4.88 Å². The first-order valence-corrected chi connectivity index (χ1v) is 7.42. The van der Waals surface area contributed by atoms with Gasteiger partial charge in [0.2, 0.25) is 0 Å². The molecule has 118 valence electrons. The first-order chi connectivity index (χ1) is 10.3. The van der Waals surface area contributed by atoms with E-state index in [1.54, 1.807) is 17.5 Å². The Morgan fingerprint density at radius 1 is 1.55 bits per heavy atom. The quantitative estimate of drug-likeness (QED) is 0.859. The molecule has 10 heteroatoms. The van der Waals surface area contributed by atoms with Gasteiger partial charge in [-0.25, -0.2) is 9.48 Å². The van der Waals surface area contributed by atoms with Crippen molar-refractivity contribution in [2.45, 2.75) is 24.7 Å². The number of carboxylic acid groups (broad SMARTS) is 1. The predicted molar refractivity (Wildman–Crippen MR) is 74.6 cm³/mol. The molecule has 0 amide bonds. The van der Waals surface area contributed by atoms with Crippen LogP contribution in [0.2, 0.25) is 5.02 Å². The zero-order valence-electron chi connectivity index (χ0n) is 10.8. The highest BCUT2D eigenvalue weighted by Gasteiger charge is 2.48. The number of aromatic carboxylic acids is 1. The molecule has 0 saturated carbocycles. The standard InChI is InChI=1S/C12H9ClF3N3O2S/c13-8-9(11(20)21)18-19-7(12(14,15)16)4-5(17-10(8)19)6-2-1-3-22-6/h1-3,5,7,17H,4H2,(H,20,21)/t5-,7+/m1/s1. The second kappa shape index (κ2) is 5.17. The third-order valence-electron chi connectivity index (χ3n) is 3.38. The number of hydrogen-bond acceptors (Lipinski definition) is 4. The maximum absolute atomic E-state index is 13.3. The largest absolute Gasteiger partial charge is 0.476 e. The van der Waals surface area contributed by atoms with Crippen LogP contribution >= 0.6 is 22.9 Å². The lowest BCUT2D eigenvalue weighted by molar-refractivity contribution is -0.173. The van der Waals surface area contributed by atoms with E-state index in [0.29, 0.717) is 4.68 Å². The van der Waals surface area contributed by atoms with Crippen molar-refractivity contribution in [2.24, 2.45) is 0 Å². The van der Waals surface area contributed by atoms with Crippen LogP contribution in [-0.4, -0.2) is 27.0 Å². The van der Waals surface area contributed by atoms with E-state index in [2.05, 4.69) is 10.4 Å². The smallest absolute Gasteiger partial charge is 0.410 e. The van der Waals surface area contributed by atoms with Crippen molar-refractivity contribution in [3.05, 3.63) is 33.1 Å². The number of carboxylic acids is 1. The van der Waals surface area contributed by atoms with Crippen LogP contribution in [0.3, 0.4) is 0 Å². The highest BCUT2D eigenvalue weighted by atomic mass is 35.5. The van der Waals surface area contributed by atoms with Crippen molar-refractivity contribution in [3.8, 4) is 0 Å². The molecule has 22 heavy (non-hydrogen) atoms. The molecule has 0 spiro atoms. The van der Waals surface area contributed by atoms with Gasteiger partial charge >= 0.3 is 12.1 Å². The molecule has 1 aliphatic heterocycles. The van der Waals surface area contributed by atoms with Crippen LogP contribution in [0.15, 0.2) is 17.5 Å². The topological polar surface area (TPSA) is 67.1 Å². The molecule has 0 aromatic carbocycles. The number of alkyl halides is 3. The van der Waals surface area contributed by atoms with Crippen molar-refractivity contribution in [1.29, 1.82) is 0 Å². The van der Waals surface area contributed by atoms with E-state index < -0.39 is 29.9 Å². The number of fused-ring (bicyclic) bond motifs is 1. The fourth-order valence-corrected chi connectivity index (χ4v) is 3.45. The molecule has 5 nitrogen and oxygen atoms in total. The summed E-state index contributed by atoms with van der Waals surface area (Å²) in [5.41, 5.74) is -0.592. The van der Waals surface area contributed by atoms with E-state index in [1.807, 2.05) is 0 Å². The Labute approximate surface area is 131 Å². The number of hydrogen-bond donors (Lipinski definition) is 2. The number of nitrogens with one attached hydrogen (secondary N) is 1. The first kappa shape index (κ1) is 15.2. The van der Waals surface area contributed by atoms with Crippen molar-refractivity contribution in [2.75, 3.05) is 5.32 Å². The Morgan fingerprint density at radius 2 is 2.27 bits per heavy atom. The summed E-state index contributed by atoms with van der Waals surface area (Å²) in [5, 5.41) is 16.8. The zero-order chi connectivity index (χ0) is 16.1. The summed E-state index contributed by atoms with van der Waals surface area (Å²) >= 11 is 7.21. The lowest BCUT2D eigenvalue weighted by Crippen LogP contribution is -2.35. The van der Waals surface area contributed by atoms with Gasteiger partial charge in [-0.1, -0.05) is 17.7 Å². The number of aromatic nitrogens is 2. The molecule has 2 aromatic rings. The Hall–Kier alpha value is -1.74. The second-order valence-electron chi connectivity index (χ2n) is 4.77. The van der Waals surface area contributed by atoms with Gasteiger partial charge in [-0.05, 0) is 11.4 Å². The molecule has 1 aliphatic rings. The third kappa shape index (κ3) is 2.44. The van der Waals surface area contributed by atoms with Gasteiger partial charge in [0.1, 0.15) is 10.8 Å². The Balaban J connectivity index is 2.10. The SMILES string of the molecule is O=C(O)c1nn2c(c1Cl)N[C@@H](c1cccs1)C[C@H]2C(F)(F)F. The average molecular weight is 352 g/mol. The lowest BCUT2D eigenvalue weighted by Gasteiger charge is -2.32. The number of halogens is 4. The van der Waals surface area contributed by atoms with Crippen LogP contribution in [0.25, 0.3) is 0 Å². The Kier molecular flexibility index (Phi) is 3.56. The highest BCUT2D eigenvalue weighted by Crippen LogP contribution is 2.46. The van der Waals surface area contributed by atoms with E-state index in [4.69, 9.17) is 16.7 Å². The van der Waals surface area contributed by atoms with E-state index in [9.17, 15) is 18.0 Å². The van der Waals surface area contributed by atoms with Gasteiger partial charge in [-0.2, -0.15) is 18.3 Å². The Bertz CT molecular complexity index is 714. The van der Waals surface area contributed by atoms with Gasteiger partial charge in [0.05, 0.1) is 6.04 Å². The molecule has 3 heterocycles. The predicted octanol–water partition coefficient (Wildman–Crippen LogP) is 3.96. The average Bonchev–Trinajstić information content (AvgIpc) is 3.05. The monoisotopic (exact) mass is 351 g/mol. The van der Waals surface area contributed by atoms with Gasteiger partial charge < -0.3 is 10.4 Å². The third-order valence-corrected chi connectivity index (χ3v) is 4.73. The molecule has 0 fully saturated rings. The van der Waals surface area contributed by atoms with Crippen LogP contribution < -0.4 is 5.32 Å². The maximum atomic E-state index is 13.3. The fourth-order valence-electron chi connectivity index (χ4n) is 2.40. The number of carbonyl (C=O) groups is 1. The summed E-state index contributed by atoms with van der Waals surface area (Å²) in [4.78, 5) is 11.8. The molecule has 2 aromatic heterocycles. The molecule has 0 saturated heterocycles. The zero-order valence-corrected chi connectivity index (χ0v) is 12.3. The normalized spacial score (nSPS) is 21.3. The molecule has 0 radical (unpaired) electrons. The van der Waals surface area contributed by atoms with Crippen LogP contribution in [0, 0.1) is 0 Å². The minimum Gasteiger partial charge on any atom is -0.476 e. The second-order valence-corrected chi connectivity index (χ2v) is 6.12. The van der Waals surface area contributed by atoms with Crippen molar-refractivity contribution in [1.82, 2.24) is 9.78 Å². The van der Waals surface area contributed by atoms with Gasteiger partial charge in [-0.3, -0.25) is 0 Å². The van der Waals surface area contributed by atoms with Crippen molar-refractivity contribution in [3.63, 3.8) is 0 Å². The number of thiophene rings is 1. The molecule has 2 N–H and O–H groups in total. The van der Waals surface area contributed by atoms with E-state index in [1.165, 1.54) is 11.3 Å². The highest BCUT2D eigenvalue weighted by molar-refractivity contribution is 7.10. The number of rotatable bonds is 2. The molecule has 3 rings (SSSR count). The Morgan fingerprint density at radius 3 is 2.82 bits per heavy atom. The minimum absolute atomic E-state index is 0.119. The van der Waals surface area contributed by atoms with Gasteiger partial charge in [-0.15, -0.1) is 11.3 Å². The van der Waals surface area contributed by atoms with Gasteiger partial charge in [0, 0.05) is 11.3 Å².